The monoisotopic (exact) mass is 610 g/mol. The minimum absolute atomic E-state index is 0.0842. The Morgan fingerprint density at radius 1 is 1.08 bits per heavy atom. The molecule has 0 radical (unpaired) electrons. The van der Waals surface area contributed by atoms with Gasteiger partial charge in [-0.2, -0.15) is 0 Å². The van der Waals surface area contributed by atoms with Gasteiger partial charge >= 0.3 is 11.9 Å². The van der Waals surface area contributed by atoms with Crippen molar-refractivity contribution in [3.63, 3.8) is 0 Å². The van der Waals surface area contributed by atoms with Crippen molar-refractivity contribution in [3.05, 3.63) is 34.4 Å². The second-order valence-corrected chi connectivity index (χ2v) is 10.6. The Kier molecular flexibility index (Phi) is 11.4. The van der Waals surface area contributed by atoms with Crippen LogP contribution in [0.5, 0.6) is 0 Å². The van der Waals surface area contributed by atoms with E-state index in [4.69, 9.17) is 30.9 Å². The molecule has 1 aromatic carbocycles. The van der Waals surface area contributed by atoms with Crippen LogP contribution < -0.4 is 11.1 Å². The number of benzene rings is 1. The average molecular weight is 611 g/mol. The van der Waals surface area contributed by atoms with Gasteiger partial charge in [-0.25, -0.2) is 9.59 Å². The maximum absolute atomic E-state index is 12.9. The number of aliphatic hydroxyl groups excluding tert-OH is 2. The summed E-state index contributed by atoms with van der Waals surface area (Å²) in [6, 6.07) is 5.50. The number of nitrogens with one attached hydrogen (secondary N) is 1. The summed E-state index contributed by atoms with van der Waals surface area (Å²) >= 11 is 3.46. The molecule has 2 aliphatic rings. The van der Waals surface area contributed by atoms with Gasteiger partial charge in [-0.1, -0.05) is 0 Å². The molecule has 0 unspecified atom stereocenters. The normalized spacial score (nSPS) is 18.5. The first-order valence-corrected chi connectivity index (χ1v) is 13.6. The summed E-state index contributed by atoms with van der Waals surface area (Å²) in [7, 11) is 0. The number of carboxylic acid groups (broad SMARTS) is 2. The first-order valence-electron chi connectivity index (χ1n) is 12.8. The number of pyridine rings is 1. The van der Waals surface area contributed by atoms with Gasteiger partial charge in [-0.05, 0) is 84.7 Å². The number of aliphatic carboxylic acids is 2. The number of aromatic nitrogens is 1. The zero-order valence-electron chi connectivity index (χ0n) is 21.5. The molecule has 2 aliphatic heterocycles. The maximum Gasteiger partial charge on any atom is 0.335 e. The highest BCUT2D eigenvalue weighted by atomic mass is 79.9. The van der Waals surface area contributed by atoms with Crippen molar-refractivity contribution in [1.82, 2.24) is 15.2 Å². The maximum atomic E-state index is 12.9. The van der Waals surface area contributed by atoms with Gasteiger partial charge < -0.3 is 41.1 Å². The highest BCUT2D eigenvalue weighted by Crippen LogP contribution is 2.31. The number of hydrogen-bond donors (Lipinski definition) is 6. The summed E-state index contributed by atoms with van der Waals surface area (Å²) in [4.78, 5) is 39.4. The molecule has 2 aromatic rings. The second-order valence-electron chi connectivity index (χ2n) is 9.80. The van der Waals surface area contributed by atoms with Crippen LogP contribution in [-0.4, -0.2) is 99.8 Å². The molecule has 3 heterocycles. The third-order valence-corrected chi connectivity index (χ3v) is 7.70. The number of likely N-dealkylation sites (tertiary alicyclic amines) is 1. The van der Waals surface area contributed by atoms with Crippen molar-refractivity contribution in [2.45, 2.75) is 37.9 Å². The van der Waals surface area contributed by atoms with E-state index in [9.17, 15) is 14.4 Å². The Hall–Kier alpha value is -2.84. The minimum atomic E-state index is -2.27. The topological polar surface area (TPSA) is 196 Å². The zero-order chi connectivity index (χ0) is 28.5. The molecular formula is C26H35BrN4O8. The van der Waals surface area contributed by atoms with E-state index in [1.807, 2.05) is 12.1 Å². The molecule has 1 aromatic heterocycles. The SMILES string of the molecule is Nc1c(Br)cc(C(=O)NCC2CCN(CC3CCOCC3)CC2)c2ncccc12.O=C(O)[C@H](O)[C@@H](O)C(=O)O. The Labute approximate surface area is 234 Å². The van der Waals surface area contributed by atoms with Crippen LogP contribution in [0.1, 0.15) is 36.0 Å². The van der Waals surface area contributed by atoms with E-state index in [0.717, 1.165) is 54.9 Å². The summed E-state index contributed by atoms with van der Waals surface area (Å²) in [6.45, 7) is 5.97. The fraction of sp³-hybridized carbons (Fsp3) is 0.538. The number of nitrogen functional groups attached to an aromatic ring is 1. The van der Waals surface area contributed by atoms with Crippen molar-refractivity contribution in [2.75, 3.05) is 45.1 Å². The number of halogens is 1. The lowest BCUT2D eigenvalue weighted by atomic mass is 9.94. The Balaban J connectivity index is 0.000000360. The molecule has 39 heavy (non-hydrogen) atoms. The molecule has 4 rings (SSSR count). The molecule has 12 nitrogen and oxygen atoms in total. The molecule has 0 bridgehead atoms. The van der Waals surface area contributed by atoms with Crippen LogP contribution in [0.4, 0.5) is 5.69 Å². The number of carbonyl (C=O) groups is 3. The molecule has 13 heteroatoms. The number of ether oxygens (including phenoxy) is 1. The molecule has 2 saturated heterocycles. The van der Waals surface area contributed by atoms with Crippen molar-refractivity contribution in [1.29, 1.82) is 0 Å². The van der Waals surface area contributed by atoms with Crippen molar-refractivity contribution < 1.29 is 39.5 Å². The lowest BCUT2D eigenvalue weighted by molar-refractivity contribution is -0.165. The van der Waals surface area contributed by atoms with Crippen molar-refractivity contribution in [3.8, 4) is 0 Å². The lowest BCUT2D eigenvalue weighted by Gasteiger charge is -2.35. The zero-order valence-corrected chi connectivity index (χ0v) is 23.0. The van der Waals surface area contributed by atoms with E-state index in [-0.39, 0.29) is 5.91 Å². The number of carboxylic acids is 2. The van der Waals surface area contributed by atoms with E-state index < -0.39 is 24.1 Å². The van der Waals surface area contributed by atoms with Gasteiger partial charge in [0, 0.05) is 42.4 Å². The summed E-state index contributed by atoms with van der Waals surface area (Å²) in [5.41, 5.74) is 7.96. The van der Waals surface area contributed by atoms with Crippen LogP contribution in [0, 0.1) is 11.8 Å². The molecule has 2 atom stereocenters. The summed E-state index contributed by atoms with van der Waals surface area (Å²) < 4.78 is 6.19. The number of piperidine rings is 1. The van der Waals surface area contributed by atoms with Crippen LogP contribution in [0.2, 0.25) is 0 Å². The van der Waals surface area contributed by atoms with Crippen LogP contribution in [0.3, 0.4) is 0 Å². The smallest absolute Gasteiger partial charge is 0.335 e. The number of anilines is 1. The number of amides is 1. The average Bonchev–Trinajstić information content (AvgIpc) is 2.94. The van der Waals surface area contributed by atoms with Gasteiger partial charge in [0.1, 0.15) is 0 Å². The van der Waals surface area contributed by atoms with E-state index >= 15 is 0 Å². The first kappa shape index (κ1) is 30.7. The standard InChI is InChI=1S/C22H29BrN4O2.C4H6O6/c23-19-12-18(21-17(20(19)24)2-1-7-25-21)22(28)26-13-15-3-8-27(9-4-15)14-16-5-10-29-11-6-16;5-1(3(7)8)2(6)4(9)10/h1-2,7,12,15-16H,3-6,8-11,13-14,24H2,(H,26,28);1-2,5-6H,(H,7,8)(H,9,10)/t;1-,2-/m.1/s1. The van der Waals surface area contributed by atoms with E-state index in [0.29, 0.717) is 29.2 Å². The first-order chi connectivity index (χ1) is 18.6. The van der Waals surface area contributed by atoms with Gasteiger partial charge in [-0.15, -0.1) is 0 Å². The predicted molar refractivity (Wildman–Crippen MR) is 146 cm³/mol. The molecule has 7 N–H and O–H groups in total. The third-order valence-electron chi connectivity index (χ3n) is 7.05. The molecular weight excluding hydrogens is 576 g/mol. The predicted octanol–water partition coefficient (Wildman–Crippen LogP) is 1.33. The third kappa shape index (κ3) is 8.57. The van der Waals surface area contributed by atoms with Crippen LogP contribution >= 0.6 is 15.9 Å². The van der Waals surface area contributed by atoms with Crippen molar-refractivity contribution in [2.24, 2.45) is 11.8 Å². The number of nitrogens with zero attached hydrogens (tertiary/aromatic N) is 2. The number of hydrogen-bond acceptors (Lipinski definition) is 9. The lowest BCUT2D eigenvalue weighted by Crippen LogP contribution is -2.41. The number of aliphatic hydroxyl groups is 2. The van der Waals surface area contributed by atoms with E-state index in [1.54, 1.807) is 12.3 Å². The van der Waals surface area contributed by atoms with E-state index in [1.165, 1.54) is 19.4 Å². The molecule has 2 fully saturated rings. The molecule has 0 spiro atoms. The summed E-state index contributed by atoms with van der Waals surface area (Å²) in [5, 5.41) is 36.5. The van der Waals surface area contributed by atoms with Crippen LogP contribution in [0.15, 0.2) is 28.9 Å². The number of carbonyl (C=O) groups excluding carboxylic acids is 1. The molecule has 1 amide bonds. The largest absolute Gasteiger partial charge is 0.479 e. The highest BCUT2D eigenvalue weighted by Gasteiger charge is 2.29. The Morgan fingerprint density at radius 2 is 1.69 bits per heavy atom. The summed E-state index contributed by atoms with van der Waals surface area (Å²) in [6.07, 6.45) is 1.81. The fourth-order valence-electron chi connectivity index (χ4n) is 4.68. The quantitative estimate of drug-likeness (QED) is 0.236. The van der Waals surface area contributed by atoms with Crippen LogP contribution in [0.25, 0.3) is 10.9 Å². The van der Waals surface area contributed by atoms with Gasteiger partial charge in [0.05, 0.1) is 16.8 Å². The van der Waals surface area contributed by atoms with Crippen LogP contribution in [-0.2, 0) is 14.3 Å². The number of nitrogens with two attached hydrogens (primary N) is 1. The Bertz CT molecular complexity index is 1130. The van der Waals surface area contributed by atoms with Gasteiger partial charge in [-0.3, -0.25) is 9.78 Å². The molecule has 214 valence electrons. The Morgan fingerprint density at radius 3 is 2.28 bits per heavy atom. The fourth-order valence-corrected chi connectivity index (χ4v) is 5.12. The molecule has 0 saturated carbocycles. The minimum Gasteiger partial charge on any atom is -0.479 e. The van der Waals surface area contributed by atoms with Gasteiger partial charge in [0.15, 0.2) is 12.2 Å². The number of rotatable bonds is 8. The molecule has 0 aliphatic carbocycles. The number of fused-ring (bicyclic) bond motifs is 1. The summed E-state index contributed by atoms with van der Waals surface area (Å²) in [5.74, 6) is -2.31. The van der Waals surface area contributed by atoms with Crippen molar-refractivity contribution >= 4 is 50.4 Å². The van der Waals surface area contributed by atoms with Gasteiger partial charge in [0.2, 0.25) is 0 Å². The second kappa shape index (κ2) is 14.5. The highest BCUT2D eigenvalue weighted by molar-refractivity contribution is 9.10. The van der Waals surface area contributed by atoms with Gasteiger partial charge in [0.25, 0.3) is 5.91 Å². The van der Waals surface area contributed by atoms with E-state index in [2.05, 4.69) is 31.1 Å².